The topological polar surface area (TPSA) is 75.8 Å². The molecule has 6 heteroatoms. The molecule has 0 saturated carbocycles. The van der Waals surface area contributed by atoms with Gasteiger partial charge in [-0.3, -0.25) is 4.79 Å². The average molecular weight is 282 g/mol. The van der Waals surface area contributed by atoms with E-state index in [9.17, 15) is 14.3 Å². The number of hydrogen-bond acceptors (Lipinski definition) is 4. The molecule has 1 aliphatic rings. The molecule has 0 aromatic heterocycles. The monoisotopic (exact) mass is 282 g/mol. The first-order chi connectivity index (χ1) is 9.61. The second kappa shape index (κ2) is 6.67. The Hall–Kier alpha value is -1.66. The Kier molecular flexibility index (Phi) is 4.92. The van der Waals surface area contributed by atoms with Crippen LogP contribution in [-0.2, 0) is 4.74 Å². The predicted molar refractivity (Wildman–Crippen MR) is 72.0 cm³/mol. The van der Waals surface area contributed by atoms with Crippen molar-refractivity contribution in [2.45, 2.75) is 18.9 Å². The summed E-state index contributed by atoms with van der Waals surface area (Å²) in [5, 5.41) is 9.65. The molecule has 110 valence electrons. The van der Waals surface area contributed by atoms with E-state index < -0.39 is 5.82 Å². The second-order valence-electron chi connectivity index (χ2n) is 4.81. The largest absolute Gasteiger partial charge is 0.507 e. The van der Waals surface area contributed by atoms with Gasteiger partial charge in [0.15, 0.2) is 0 Å². The van der Waals surface area contributed by atoms with Crippen molar-refractivity contribution in [1.29, 1.82) is 0 Å². The van der Waals surface area contributed by atoms with Crippen LogP contribution in [0.1, 0.15) is 23.2 Å². The number of amides is 1. The van der Waals surface area contributed by atoms with Gasteiger partial charge in [-0.1, -0.05) is 0 Å². The third-order valence-corrected chi connectivity index (χ3v) is 3.39. The molecule has 1 aliphatic heterocycles. The molecule has 0 spiro atoms. The highest BCUT2D eigenvalue weighted by atomic mass is 19.1. The Morgan fingerprint density at radius 1 is 1.45 bits per heavy atom. The summed E-state index contributed by atoms with van der Waals surface area (Å²) in [6.45, 7) is 2.06. The van der Waals surface area contributed by atoms with Crippen molar-refractivity contribution in [3.8, 4) is 5.75 Å². The van der Waals surface area contributed by atoms with E-state index in [2.05, 4.69) is 0 Å². The van der Waals surface area contributed by atoms with Crippen LogP contribution in [0.3, 0.4) is 0 Å². The average Bonchev–Trinajstić information content (AvgIpc) is 2.47. The fourth-order valence-corrected chi connectivity index (χ4v) is 2.31. The van der Waals surface area contributed by atoms with Crippen LogP contribution in [0.25, 0.3) is 0 Å². The summed E-state index contributed by atoms with van der Waals surface area (Å²) in [6, 6.07) is 3.38. The van der Waals surface area contributed by atoms with Crippen molar-refractivity contribution in [3.63, 3.8) is 0 Å². The number of carbonyl (C=O) groups is 1. The maximum Gasteiger partial charge on any atom is 0.257 e. The van der Waals surface area contributed by atoms with Gasteiger partial charge in [0.2, 0.25) is 0 Å². The minimum atomic E-state index is -0.535. The van der Waals surface area contributed by atoms with E-state index in [1.165, 1.54) is 6.07 Å². The van der Waals surface area contributed by atoms with Gasteiger partial charge in [0.25, 0.3) is 5.91 Å². The molecule has 1 amide bonds. The number of rotatable bonds is 4. The summed E-state index contributed by atoms with van der Waals surface area (Å²) >= 11 is 0. The highest BCUT2D eigenvalue weighted by Crippen LogP contribution is 2.22. The van der Waals surface area contributed by atoms with Crippen molar-refractivity contribution < 1.29 is 19.0 Å². The van der Waals surface area contributed by atoms with E-state index in [1.54, 1.807) is 4.90 Å². The van der Waals surface area contributed by atoms with Gasteiger partial charge in [-0.15, -0.1) is 0 Å². The Labute approximate surface area is 117 Å². The summed E-state index contributed by atoms with van der Waals surface area (Å²) in [6.07, 6.45) is 1.56. The first kappa shape index (κ1) is 14.7. The smallest absolute Gasteiger partial charge is 0.257 e. The van der Waals surface area contributed by atoms with E-state index in [1.807, 2.05) is 0 Å². The van der Waals surface area contributed by atoms with Gasteiger partial charge >= 0.3 is 0 Å². The van der Waals surface area contributed by atoms with E-state index in [4.69, 9.17) is 10.5 Å². The lowest BCUT2D eigenvalue weighted by molar-refractivity contribution is 0.0121. The van der Waals surface area contributed by atoms with Crippen LogP contribution in [0.2, 0.25) is 0 Å². The summed E-state index contributed by atoms with van der Waals surface area (Å²) in [5.41, 5.74) is 5.38. The first-order valence-electron chi connectivity index (χ1n) is 6.71. The Morgan fingerprint density at radius 3 is 2.80 bits per heavy atom. The van der Waals surface area contributed by atoms with Crippen LogP contribution in [-0.4, -0.2) is 48.3 Å². The molecule has 0 radical (unpaired) electrons. The van der Waals surface area contributed by atoms with Crippen LogP contribution < -0.4 is 5.73 Å². The van der Waals surface area contributed by atoms with Crippen molar-refractivity contribution in [1.82, 2.24) is 4.90 Å². The highest BCUT2D eigenvalue weighted by molar-refractivity contribution is 5.96. The Balaban J connectivity index is 1.96. The Morgan fingerprint density at radius 2 is 2.15 bits per heavy atom. The van der Waals surface area contributed by atoms with Crippen LogP contribution in [0.15, 0.2) is 18.2 Å². The number of benzene rings is 1. The van der Waals surface area contributed by atoms with Crippen LogP contribution in [0.4, 0.5) is 4.39 Å². The molecule has 3 N–H and O–H groups in total. The number of phenols is 1. The van der Waals surface area contributed by atoms with Crippen LogP contribution >= 0.6 is 0 Å². The molecule has 1 fully saturated rings. The maximum absolute atomic E-state index is 13.2. The number of phenolic OH excluding ortho intramolecular Hbond substituents is 1. The fraction of sp³-hybridized carbons (Fsp3) is 0.500. The molecule has 1 saturated heterocycles. The van der Waals surface area contributed by atoms with Gasteiger partial charge in [-0.2, -0.15) is 0 Å². The van der Waals surface area contributed by atoms with Gasteiger partial charge in [0.1, 0.15) is 11.6 Å². The number of aromatic hydroxyl groups is 1. The molecular weight excluding hydrogens is 263 g/mol. The number of carbonyl (C=O) groups excluding carboxylic acids is 1. The maximum atomic E-state index is 13.2. The Bertz CT molecular complexity index is 473. The number of likely N-dealkylation sites (tertiary alicyclic amines) is 1. The number of hydrogen-bond donors (Lipinski definition) is 2. The summed E-state index contributed by atoms with van der Waals surface area (Å²) < 4.78 is 18.7. The fourth-order valence-electron chi connectivity index (χ4n) is 2.31. The zero-order valence-electron chi connectivity index (χ0n) is 11.2. The molecule has 0 aliphatic carbocycles. The van der Waals surface area contributed by atoms with Gasteiger partial charge in [-0.25, -0.2) is 4.39 Å². The standard InChI is InChI=1S/C14H19FN2O3/c15-10-1-2-13(18)12(9-10)14(19)17-6-3-11(4-7-17)20-8-5-16/h1-2,9,11,18H,3-8,16H2. The zero-order valence-corrected chi connectivity index (χ0v) is 11.2. The molecule has 0 unspecified atom stereocenters. The number of piperidine rings is 1. The lowest BCUT2D eigenvalue weighted by Gasteiger charge is -2.32. The quantitative estimate of drug-likeness (QED) is 0.867. The number of ether oxygens (including phenoxy) is 1. The highest BCUT2D eigenvalue weighted by Gasteiger charge is 2.25. The van der Waals surface area contributed by atoms with Crippen LogP contribution in [0.5, 0.6) is 5.75 Å². The first-order valence-corrected chi connectivity index (χ1v) is 6.71. The van der Waals surface area contributed by atoms with Gasteiger partial charge in [0.05, 0.1) is 18.3 Å². The third kappa shape index (κ3) is 3.46. The molecule has 0 atom stereocenters. The molecule has 0 bridgehead atoms. The number of nitrogens with two attached hydrogens (primary N) is 1. The molecule has 2 rings (SSSR count). The van der Waals surface area contributed by atoms with Gasteiger partial charge < -0.3 is 20.5 Å². The number of halogens is 1. The van der Waals surface area contributed by atoms with Gasteiger partial charge in [-0.05, 0) is 31.0 Å². The van der Waals surface area contributed by atoms with Crippen molar-refractivity contribution in [2.24, 2.45) is 5.73 Å². The molecule has 1 aromatic rings. The normalized spacial score (nSPS) is 16.4. The summed E-state index contributed by atoms with van der Waals surface area (Å²) in [5.74, 6) is -1.08. The lowest BCUT2D eigenvalue weighted by Crippen LogP contribution is -2.41. The van der Waals surface area contributed by atoms with Gasteiger partial charge in [0, 0.05) is 19.6 Å². The number of nitrogens with zero attached hydrogens (tertiary/aromatic N) is 1. The molecular formula is C14H19FN2O3. The molecule has 1 heterocycles. The van der Waals surface area contributed by atoms with Crippen molar-refractivity contribution in [3.05, 3.63) is 29.6 Å². The second-order valence-corrected chi connectivity index (χ2v) is 4.81. The van der Waals surface area contributed by atoms with E-state index in [0.717, 1.165) is 25.0 Å². The van der Waals surface area contributed by atoms with E-state index >= 15 is 0 Å². The van der Waals surface area contributed by atoms with E-state index in [-0.39, 0.29) is 23.3 Å². The lowest BCUT2D eigenvalue weighted by atomic mass is 10.1. The zero-order chi connectivity index (χ0) is 14.5. The minimum absolute atomic E-state index is 0.00586. The van der Waals surface area contributed by atoms with Crippen LogP contribution in [0, 0.1) is 5.82 Å². The SMILES string of the molecule is NCCOC1CCN(C(=O)c2cc(F)ccc2O)CC1. The molecule has 20 heavy (non-hydrogen) atoms. The molecule has 1 aromatic carbocycles. The predicted octanol–water partition coefficient (Wildman–Crippen LogP) is 1.11. The summed E-state index contributed by atoms with van der Waals surface area (Å²) in [4.78, 5) is 13.8. The minimum Gasteiger partial charge on any atom is -0.507 e. The summed E-state index contributed by atoms with van der Waals surface area (Å²) in [7, 11) is 0. The molecule has 5 nitrogen and oxygen atoms in total. The van der Waals surface area contributed by atoms with Crippen molar-refractivity contribution in [2.75, 3.05) is 26.2 Å². The van der Waals surface area contributed by atoms with Crippen molar-refractivity contribution >= 4 is 5.91 Å². The van der Waals surface area contributed by atoms with E-state index in [0.29, 0.717) is 26.2 Å². The third-order valence-electron chi connectivity index (χ3n) is 3.39.